The molecule has 1 radical (unpaired) electrons. The van der Waals surface area contributed by atoms with Gasteiger partial charge in [-0.2, -0.15) is 0 Å². The number of benzene rings is 1. The molecule has 1 heterocycles. The fourth-order valence-corrected chi connectivity index (χ4v) is 5.11. The predicted molar refractivity (Wildman–Crippen MR) is 93.5 cm³/mol. The third kappa shape index (κ3) is 2.34. The van der Waals surface area contributed by atoms with Crippen LogP contribution in [0.5, 0.6) is 0 Å². The minimum Gasteiger partial charge on any atom is -0.304 e. The van der Waals surface area contributed by atoms with Crippen LogP contribution in [0.1, 0.15) is 61.3 Å². The quantitative estimate of drug-likeness (QED) is 0.502. The Kier molecular flexibility index (Phi) is 3.97. The van der Waals surface area contributed by atoms with Crippen molar-refractivity contribution in [1.29, 1.82) is 0 Å². The van der Waals surface area contributed by atoms with Gasteiger partial charge in [0.05, 0.1) is 0 Å². The SMILES string of the molecule is CC1(C)C2Cc3cc(-c4[c-]cc5c(c4)CCCC5)ncc3C1C2.[Ir]. The summed E-state index contributed by atoms with van der Waals surface area (Å²) in [6.07, 6.45) is 9.87. The van der Waals surface area contributed by atoms with E-state index in [1.807, 2.05) is 0 Å². The van der Waals surface area contributed by atoms with Crippen LogP contribution in [0.15, 0.2) is 24.4 Å². The Morgan fingerprint density at radius 1 is 1.08 bits per heavy atom. The van der Waals surface area contributed by atoms with Crippen LogP contribution in [0, 0.1) is 17.4 Å². The fourth-order valence-electron chi connectivity index (χ4n) is 5.11. The molecular formula is C22H24IrN-. The van der Waals surface area contributed by atoms with E-state index in [0.29, 0.717) is 5.41 Å². The summed E-state index contributed by atoms with van der Waals surface area (Å²) in [5, 5.41) is 0. The van der Waals surface area contributed by atoms with Gasteiger partial charge in [-0.25, -0.2) is 0 Å². The van der Waals surface area contributed by atoms with Gasteiger partial charge in [0.2, 0.25) is 0 Å². The van der Waals surface area contributed by atoms with Crippen molar-refractivity contribution >= 4 is 0 Å². The third-order valence-corrected chi connectivity index (χ3v) is 6.89. The maximum atomic E-state index is 4.82. The number of fused-ring (bicyclic) bond motifs is 1. The molecule has 24 heavy (non-hydrogen) atoms. The van der Waals surface area contributed by atoms with Crippen LogP contribution in [-0.2, 0) is 39.4 Å². The standard InChI is InChI=1S/C22H24N.Ir/c1-22(2)18-10-17-11-21(23-13-19(17)20(22)12-18)16-8-7-14-5-3-4-6-15(14)9-16;/h7,9,11,13,18,20H,3-6,10,12H2,1-2H3;/q-1;. The van der Waals surface area contributed by atoms with Crippen LogP contribution >= 0.6 is 0 Å². The van der Waals surface area contributed by atoms with E-state index in [2.05, 4.69) is 44.3 Å². The molecule has 1 fully saturated rings. The number of nitrogens with zero attached hydrogens (tertiary/aromatic N) is 1. The molecule has 2 unspecified atom stereocenters. The number of aryl methyl sites for hydroxylation is 2. The Balaban J connectivity index is 0.00000146. The van der Waals surface area contributed by atoms with Crippen molar-refractivity contribution in [3.63, 3.8) is 0 Å². The molecule has 1 aromatic carbocycles. The van der Waals surface area contributed by atoms with Crippen LogP contribution in [0.25, 0.3) is 11.3 Å². The van der Waals surface area contributed by atoms with Crippen LogP contribution < -0.4 is 0 Å². The van der Waals surface area contributed by atoms with Gasteiger partial charge in [0, 0.05) is 26.3 Å². The van der Waals surface area contributed by atoms with Gasteiger partial charge in [-0.15, -0.1) is 34.9 Å². The number of hydrogen-bond acceptors (Lipinski definition) is 1. The molecule has 1 nitrogen and oxygen atoms in total. The first-order valence-electron chi connectivity index (χ1n) is 9.15. The minimum absolute atomic E-state index is 0. The average Bonchev–Trinajstić information content (AvgIpc) is 2.60. The molecule has 2 heteroatoms. The van der Waals surface area contributed by atoms with Gasteiger partial charge in [0.1, 0.15) is 0 Å². The van der Waals surface area contributed by atoms with E-state index in [9.17, 15) is 0 Å². The first-order chi connectivity index (χ1) is 11.1. The molecule has 0 spiro atoms. The van der Waals surface area contributed by atoms with Crippen molar-refractivity contribution in [2.24, 2.45) is 11.3 Å². The molecule has 0 saturated heterocycles. The van der Waals surface area contributed by atoms with Crippen LogP contribution in [-0.4, -0.2) is 4.98 Å². The van der Waals surface area contributed by atoms with E-state index in [0.717, 1.165) is 17.5 Å². The normalized spacial score (nSPS) is 25.8. The largest absolute Gasteiger partial charge is 0.304 e. The van der Waals surface area contributed by atoms with Gasteiger partial charge in [-0.05, 0) is 53.3 Å². The molecule has 4 aliphatic carbocycles. The number of pyridine rings is 1. The summed E-state index contributed by atoms with van der Waals surface area (Å²) in [5.74, 6) is 1.59. The smallest absolute Gasteiger partial charge is 0.0198 e. The van der Waals surface area contributed by atoms with E-state index in [4.69, 9.17) is 4.98 Å². The maximum absolute atomic E-state index is 4.82. The zero-order valence-electron chi connectivity index (χ0n) is 14.5. The zero-order valence-corrected chi connectivity index (χ0v) is 16.9. The Hall–Kier alpha value is -0.981. The summed E-state index contributed by atoms with van der Waals surface area (Å²) in [5.41, 5.74) is 8.87. The summed E-state index contributed by atoms with van der Waals surface area (Å²) >= 11 is 0. The van der Waals surface area contributed by atoms with Crippen molar-refractivity contribution in [2.75, 3.05) is 0 Å². The summed E-state index contributed by atoms with van der Waals surface area (Å²) < 4.78 is 0. The molecule has 2 aromatic rings. The monoisotopic (exact) mass is 495 g/mol. The van der Waals surface area contributed by atoms with Gasteiger partial charge in [0.25, 0.3) is 0 Å². The van der Waals surface area contributed by atoms with Gasteiger partial charge in [-0.1, -0.05) is 39.2 Å². The number of hydrogen-bond donors (Lipinski definition) is 0. The van der Waals surface area contributed by atoms with Gasteiger partial charge < -0.3 is 4.98 Å². The van der Waals surface area contributed by atoms with Crippen molar-refractivity contribution in [2.45, 2.75) is 58.3 Å². The molecule has 6 rings (SSSR count). The first kappa shape index (κ1) is 16.5. The van der Waals surface area contributed by atoms with Gasteiger partial charge in [-0.3, -0.25) is 0 Å². The average molecular weight is 495 g/mol. The van der Waals surface area contributed by atoms with Crippen LogP contribution in [0.3, 0.4) is 0 Å². The van der Waals surface area contributed by atoms with Gasteiger partial charge >= 0.3 is 0 Å². The van der Waals surface area contributed by atoms with E-state index in [1.165, 1.54) is 60.8 Å². The summed E-state index contributed by atoms with van der Waals surface area (Å²) in [6, 6.07) is 10.4. The molecule has 127 valence electrons. The number of aromatic nitrogens is 1. The Morgan fingerprint density at radius 3 is 2.67 bits per heavy atom. The topological polar surface area (TPSA) is 12.9 Å². The summed E-state index contributed by atoms with van der Waals surface area (Å²) in [7, 11) is 0. The second-order valence-electron chi connectivity index (χ2n) is 8.38. The second kappa shape index (κ2) is 5.78. The van der Waals surface area contributed by atoms with Crippen LogP contribution in [0.4, 0.5) is 0 Å². The third-order valence-electron chi connectivity index (χ3n) is 6.89. The molecule has 2 atom stereocenters. The van der Waals surface area contributed by atoms with E-state index in [1.54, 1.807) is 5.56 Å². The van der Waals surface area contributed by atoms with E-state index < -0.39 is 0 Å². The molecule has 0 amide bonds. The van der Waals surface area contributed by atoms with Crippen molar-refractivity contribution in [3.8, 4) is 11.3 Å². The van der Waals surface area contributed by atoms with E-state index >= 15 is 0 Å². The second-order valence-corrected chi connectivity index (χ2v) is 8.38. The summed E-state index contributed by atoms with van der Waals surface area (Å²) in [6.45, 7) is 4.86. The Labute approximate surface area is 158 Å². The molecule has 1 aromatic heterocycles. The molecule has 4 aliphatic rings. The maximum Gasteiger partial charge on any atom is 0.0198 e. The first-order valence-corrected chi connectivity index (χ1v) is 9.15. The summed E-state index contributed by atoms with van der Waals surface area (Å²) in [4.78, 5) is 4.82. The zero-order chi connectivity index (χ0) is 15.6. The Morgan fingerprint density at radius 2 is 1.88 bits per heavy atom. The van der Waals surface area contributed by atoms with E-state index in [-0.39, 0.29) is 20.1 Å². The van der Waals surface area contributed by atoms with Crippen LogP contribution in [0.2, 0.25) is 0 Å². The number of rotatable bonds is 1. The molecule has 2 bridgehead atoms. The molecule has 1 saturated carbocycles. The van der Waals surface area contributed by atoms with Crippen molar-refractivity contribution in [1.82, 2.24) is 4.98 Å². The molecule has 0 aliphatic heterocycles. The molecular weight excluding hydrogens is 470 g/mol. The minimum atomic E-state index is 0. The van der Waals surface area contributed by atoms with Crippen molar-refractivity contribution in [3.05, 3.63) is 52.7 Å². The Bertz CT molecular complexity index is 793. The van der Waals surface area contributed by atoms with Gasteiger partial charge in [0.15, 0.2) is 0 Å². The fraction of sp³-hybridized carbons (Fsp3) is 0.500. The predicted octanol–water partition coefficient (Wildman–Crippen LogP) is 5.11. The molecule has 0 N–H and O–H groups in total. The van der Waals surface area contributed by atoms with Crippen molar-refractivity contribution < 1.29 is 20.1 Å².